The maximum absolute atomic E-state index is 10.5. The molecule has 1 aliphatic heterocycles. The van der Waals surface area contributed by atoms with Crippen molar-refractivity contribution < 1.29 is 14.3 Å². The van der Waals surface area contributed by atoms with E-state index >= 15 is 0 Å². The van der Waals surface area contributed by atoms with E-state index in [4.69, 9.17) is 9.52 Å². The first kappa shape index (κ1) is 12.2. The Kier molecular flexibility index (Phi) is 3.84. The van der Waals surface area contributed by atoms with E-state index in [1.807, 2.05) is 6.07 Å². The quantitative estimate of drug-likeness (QED) is 0.853. The molecule has 17 heavy (non-hydrogen) atoms. The second-order valence-electron chi connectivity index (χ2n) is 4.85. The zero-order chi connectivity index (χ0) is 12.3. The molecule has 1 aromatic heterocycles. The standard InChI is InChI=1S/C13H19NO3/c1-10-5-7-17-12(10)9-14-6-4-11(8-14)2-3-13(15)16/h5,7,11H,2-4,6,8-9H2,1H3,(H,15,16). The van der Waals surface area contributed by atoms with Gasteiger partial charge >= 0.3 is 5.97 Å². The number of carboxylic acid groups (broad SMARTS) is 1. The van der Waals surface area contributed by atoms with Gasteiger partial charge in [0.05, 0.1) is 12.8 Å². The third-order valence-corrected chi connectivity index (χ3v) is 3.47. The molecule has 4 nitrogen and oxygen atoms in total. The molecule has 0 aliphatic carbocycles. The largest absolute Gasteiger partial charge is 0.481 e. The van der Waals surface area contributed by atoms with Crippen molar-refractivity contribution in [2.24, 2.45) is 5.92 Å². The van der Waals surface area contributed by atoms with E-state index < -0.39 is 5.97 Å². The Hall–Kier alpha value is -1.29. The summed E-state index contributed by atoms with van der Waals surface area (Å²) in [6.45, 7) is 4.94. The van der Waals surface area contributed by atoms with Gasteiger partial charge in [-0.3, -0.25) is 9.69 Å². The van der Waals surface area contributed by atoms with Crippen LogP contribution >= 0.6 is 0 Å². The van der Waals surface area contributed by atoms with Crippen molar-refractivity contribution in [2.45, 2.75) is 32.7 Å². The second kappa shape index (κ2) is 5.36. The Morgan fingerprint density at radius 1 is 1.65 bits per heavy atom. The summed E-state index contributed by atoms with van der Waals surface area (Å²) in [5.74, 6) is 0.871. The van der Waals surface area contributed by atoms with Crippen LogP contribution in [0.3, 0.4) is 0 Å². The van der Waals surface area contributed by atoms with Crippen LogP contribution in [0.5, 0.6) is 0 Å². The summed E-state index contributed by atoms with van der Waals surface area (Å²) >= 11 is 0. The maximum atomic E-state index is 10.5. The molecule has 1 fully saturated rings. The van der Waals surface area contributed by atoms with Gasteiger partial charge in [0.2, 0.25) is 0 Å². The highest BCUT2D eigenvalue weighted by Gasteiger charge is 2.23. The Morgan fingerprint density at radius 3 is 3.12 bits per heavy atom. The molecule has 0 saturated carbocycles. The van der Waals surface area contributed by atoms with E-state index in [9.17, 15) is 4.79 Å². The molecule has 0 aromatic carbocycles. The molecule has 1 N–H and O–H groups in total. The molecule has 0 bridgehead atoms. The summed E-state index contributed by atoms with van der Waals surface area (Å²) < 4.78 is 5.42. The fourth-order valence-electron chi connectivity index (χ4n) is 2.39. The number of furan rings is 1. The van der Waals surface area contributed by atoms with Gasteiger partial charge in [0.15, 0.2) is 0 Å². The van der Waals surface area contributed by atoms with Crippen LogP contribution in [0.2, 0.25) is 0 Å². The lowest BCUT2D eigenvalue weighted by atomic mass is 10.0. The van der Waals surface area contributed by atoms with Gasteiger partial charge in [-0.2, -0.15) is 0 Å². The smallest absolute Gasteiger partial charge is 0.303 e. The van der Waals surface area contributed by atoms with Gasteiger partial charge in [-0.15, -0.1) is 0 Å². The van der Waals surface area contributed by atoms with Gasteiger partial charge in [-0.05, 0) is 43.9 Å². The van der Waals surface area contributed by atoms with Gasteiger partial charge < -0.3 is 9.52 Å². The molecule has 94 valence electrons. The van der Waals surface area contributed by atoms with E-state index in [1.165, 1.54) is 5.56 Å². The molecule has 1 saturated heterocycles. The molecule has 0 spiro atoms. The highest BCUT2D eigenvalue weighted by molar-refractivity contribution is 5.66. The first-order valence-corrected chi connectivity index (χ1v) is 6.12. The minimum Gasteiger partial charge on any atom is -0.481 e. The Labute approximate surface area is 101 Å². The van der Waals surface area contributed by atoms with Gasteiger partial charge in [0.1, 0.15) is 5.76 Å². The van der Waals surface area contributed by atoms with Crippen LogP contribution in [0.1, 0.15) is 30.6 Å². The first-order chi connectivity index (χ1) is 8.15. The molecule has 0 amide bonds. The fraction of sp³-hybridized carbons (Fsp3) is 0.615. The molecule has 1 aliphatic rings. The van der Waals surface area contributed by atoms with E-state index in [-0.39, 0.29) is 6.42 Å². The Bertz CT molecular complexity index is 386. The van der Waals surface area contributed by atoms with Crippen LogP contribution in [-0.4, -0.2) is 29.1 Å². The molecule has 1 aromatic rings. The van der Waals surface area contributed by atoms with E-state index in [0.717, 1.165) is 38.2 Å². The van der Waals surface area contributed by atoms with Gasteiger partial charge in [-0.25, -0.2) is 0 Å². The van der Waals surface area contributed by atoms with Crippen molar-refractivity contribution in [2.75, 3.05) is 13.1 Å². The lowest BCUT2D eigenvalue weighted by Crippen LogP contribution is -2.20. The summed E-state index contributed by atoms with van der Waals surface area (Å²) in [7, 11) is 0. The average molecular weight is 237 g/mol. The van der Waals surface area contributed by atoms with Crippen LogP contribution < -0.4 is 0 Å². The summed E-state index contributed by atoms with van der Waals surface area (Å²) in [5.41, 5.74) is 1.19. The number of aryl methyl sites for hydroxylation is 1. The second-order valence-corrected chi connectivity index (χ2v) is 4.85. The van der Waals surface area contributed by atoms with Crippen LogP contribution in [0.4, 0.5) is 0 Å². The van der Waals surface area contributed by atoms with Gasteiger partial charge in [0.25, 0.3) is 0 Å². The number of aliphatic carboxylic acids is 1. The number of rotatable bonds is 5. The number of carboxylic acids is 1. The zero-order valence-electron chi connectivity index (χ0n) is 10.2. The molecule has 0 radical (unpaired) electrons. The van der Waals surface area contributed by atoms with E-state index in [1.54, 1.807) is 6.26 Å². The lowest BCUT2D eigenvalue weighted by Gasteiger charge is -2.14. The van der Waals surface area contributed by atoms with Gasteiger partial charge in [0, 0.05) is 13.0 Å². The summed E-state index contributed by atoms with van der Waals surface area (Å²) in [5, 5.41) is 8.65. The minimum atomic E-state index is -0.690. The van der Waals surface area contributed by atoms with Crippen molar-refractivity contribution in [1.82, 2.24) is 4.90 Å². The molecular formula is C13H19NO3. The van der Waals surface area contributed by atoms with Crippen molar-refractivity contribution in [1.29, 1.82) is 0 Å². The molecule has 2 rings (SSSR count). The average Bonchev–Trinajstić information content (AvgIpc) is 2.87. The summed E-state index contributed by atoms with van der Waals surface area (Å²) in [6, 6.07) is 1.98. The number of hydrogen-bond donors (Lipinski definition) is 1. The summed E-state index contributed by atoms with van der Waals surface area (Å²) in [4.78, 5) is 12.9. The minimum absolute atomic E-state index is 0.290. The molecule has 4 heteroatoms. The summed E-state index contributed by atoms with van der Waals surface area (Å²) in [6.07, 6.45) is 3.91. The lowest BCUT2D eigenvalue weighted by molar-refractivity contribution is -0.137. The van der Waals surface area contributed by atoms with Crippen LogP contribution in [0.15, 0.2) is 16.7 Å². The maximum Gasteiger partial charge on any atom is 0.303 e. The number of likely N-dealkylation sites (tertiary alicyclic amines) is 1. The van der Waals surface area contributed by atoms with Gasteiger partial charge in [-0.1, -0.05) is 0 Å². The van der Waals surface area contributed by atoms with Crippen LogP contribution in [-0.2, 0) is 11.3 Å². The monoisotopic (exact) mass is 237 g/mol. The predicted octanol–water partition coefficient (Wildman–Crippen LogP) is 2.27. The van der Waals surface area contributed by atoms with Crippen molar-refractivity contribution in [3.8, 4) is 0 Å². The van der Waals surface area contributed by atoms with Crippen molar-refractivity contribution in [3.63, 3.8) is 0 Å². The van der Waals surface area contributed by atoms with Crippen molar-refractivity contribution >= 4 is 5.97 Å². The Balaban J connectivity index is 1.78. The highest BCUT2D eigenvalue weighted by Crippen LogP contribution is 2.23. The number of hydrogen-bond acceptors (Lipinski definition) is 3. The first-order valence-electron chi connectivity index (χ1n) is 6.12. The zero-order valence-corrected chi connectivity index (χ0v) is 10.2. The predicted molar refractivity (Wildman–Crippen MR) is 63.7 cm³/mol. The number of carbonyl (C=O) groups is 1. The van der Waals surface area contributed by atoms with E-state index in [0.29, 0.717) is 5.92 Å². The molecule has 2 heterocycles. The fourth-order valence-corrected chi connectivity index (χ4v) is 2.39. The highest BCUT2D eigenvalue weighted by atomic mass is 16.4. The molecule has 1 unspecified atom stereocenters. The van der Waals surface area contributed by atoms with E-state index in [2.05, 4.69) is 11.8 Å². The Morgan fingerprint density at radius 2 is 2.47 bits per heavy atom. The SMILES string of the molecule is Cc1ccoc1CN1CCC(CCC(=O)O)C1. The topological polar surface area (TPSA) is 53.7 Å². The number of nitrogens with zero attached hydrogens (tertiary/aromatic N) is 1. The normalized spacial score (nSPS) is 20.9. The third kappa shape index (κ3) is 3.33. The van der Waals surface area contributed by atoms with Crippen LogP contribution in [0.25, 0.3) is 0 Å². The molecule has 1 atom stereocenters. The van der Waals surface area contributed by atoms with Crippen molar-refractivity contribution in [3.05, 3.63) is 23.7 Å². The third-order valence-electron chi connectivity index (χ3n) is 3.47. The van der Waals surface area contributed by atoms with Crippen LogP contribution in [0, 0.1) is 12.8 Å². The molecular weight excluding hydrogens is 218 g/mol.